The molecule has 1 saturated heterocycles. The van der Waals surface area contributed by atoms with Crippen LogP contribution in [0, 0.1) is 29.6 Å². The average Bonchev–Trinajstić information content (AvgIpc) is 1.64. The number of nitrogens with two attached hydrogens (primary N) is 2. The molecule has 1 aliphatic heterocycles. The van der Waals surface area contributed by atoms with Crippen molar-refractivity contribution in [1.82, 2.24) is 101 Å². The fraction of sp³-hybridized carbons (Fsp3) is 0.573. The van der Waals surface area contributed by atoms with Gasteiger partial charge >= 0.3 is 5.97 Å². The van der Waals surface area contributed by atoms with Crippen LogP contribution in [0.4, 0.5) is 0 Å². The van der Waals surface area contributed by atoms with E-state index in [0.29, 0.717) is 47.3 Å². The first-order valence-corrected chi connectivity index (χ1v) is 53.3. The van der Waals surface area contributed by atoms with Gasteiger partial charge in [0.2, 0.25) is 112 Å². The van der Waals surface area contributed by atoms with Gasteiger partial charge in [-0.1, -0.05) is 197 Å². The largest absolute Gasteiger partial charge is 0.480 e. The number of carbonyl (C=O) groups is 20. The van der Waals surface area contributed by atoms with Crippen LogP contribution in [-0.4, -0.2) is 310 Å². The number of thiol groups is 2. The van der Waals surface area contributed by atoms with E-state index in [-0.39, 0.29) is 101 Å². The van der Waals surface area contributed by atoms with E-state index in [4.69, 9.17) is 16.6 Å². The Morgan fingerprint density at radius 3 is 1.13 bits per heavy atom. The molecule has 44 nitrogen and oxygen atoms in total. The third-order valence-corrected chi connectivity index (χ3v) is 26.1. The molecule has 150 heavy (non-hydrogen) atoms. The van der Waals surface area contributed by atoms with Gasteiger partial charge in [-0.25, -0.2) is 0 Å². The molecular formula is C103H155N21O23S3. The van der Waals surface area contributed by atoms with Crippen LogP contribution in [0.1, 0.15) is 170 Å². The number of carboxylic acids is 1. The van der Waals surface area contributed by atoms with Gasteiger partial charge in [0.25, 0.3) is 0 Å². The Balaban J connectivity index is 1.33. The predicted octanol–water partition coefficient (Wildman–Crippen LogP) is -2.04. The molecule has 4 aromatic carbocycles. The summed E-state index contributed by atoms with van der Waals surface area (Å²) in [5, 5.41) is 76.3. The predicted molar refractivity (Wildman–Crippen MR) is 570 cm³/mol. The number of aliphatic carboxylic acids is 1. The second-order valence-corrected chi connectivity index (χ2v) is 40.6. The number of nitrogens with one attached hydrogen (secondary N) is 18. The molecule has 19 amide bonds. The summed E-state index contributed by atoms with van der Waals surface area (Å²) in [4.78, 5) is 283. The van der Waals surface area contributed by atoms with Gasteiger partial charge in [0.05, 0.1) is 25.8 Å². The molecule has 1 fully saturated rings. The lowest BCUT2D eigenvalue weighted by atomic mass is 9.96. The van der Waals surface area contributed by atoms with Crippen molar-refractivity contribution in [3.63, 3.8) is 0 Å². The summed E-state index contributed by atoms with van der Waals surface area (Å²) < 4.78 is 0. The van der Waals surface area contributed by atoms with E-state index in [1.54, 1.807) is 183 Å². The van der Waals surface area contributed by atoms with Crippen molar-refractivity contribution < 1.29 is 111 Å². The van der Waals surface area contributed by atoms with Crippen molar-refractivity contribution in [2.24, 2.45) is 41.1 Å². The third kappa shape index (κ3) is 44.4. The van der Waals surface area contributed by atoms with E-state index in [1.807, 2.05) is 13.8 Å². The zero-order valence-electron chi connectivity index (χ0n) is 87.5. The van der Waals surface area contributed by atoms with Crippen molar-refractivity contribution >= 4 is 155 Å². The number of thioether (sulfide) groups is 1. The highest BCUT2D eigenvalue weighted by Crippen LogP contribution is 2.23. The van der Waals surface area contributed by atoms with Crippen LogP contribution in [0.25, 0.3) is 0 Å². The van der Waals surface area contributed by atoms with Gasteiger partial charge < -0.3 is 127 Å². The monoisotopic (exact) mass is 2150 g/mol. The molecular weight excluding hydrogens is 2000 g/mol. The Bertz CT molecular complexity index is 5100. The molecule has 47 heteroatoms. The summed E-state index contributed by atoms with van der Waals surface area (Å²) in [7, 11) is 0. The first-order chi connectivity index (χ1) is 71.2. The van der Waals surface area contributed by atoms with E-state index in [2.05, 4.69) is 121 Å². The lowest BCUT2D eigenvalue weighted by Gasteiger charge is -2.30. The van der Waals surface area contributed by atoms with Gasteiger partial charge in [0, 0.05) is 43.7 Å². The summed E-state index contributed by atoms with van der Waals surface area (Å²) in [6.07, 6.45) is 2.83. The topological polar surface area (TPSA) is 674 Å². The number of rotatable bonds is 66. The number of nitrogens with zero attached hydrogens (tertiary/aromatic N) is 1. The smallest absolute Gasteiger partial charge is 0.322 e. The molecule has 0 radical (unpaired) electrons. The number of aliphatic hydroxyl groups excluding tert-OH is 2. The Labute approximate surface area is 891 Å². The van der Waals surface area contributed by atoms with Crippen molar-refractivity contribution in [3.05, 3.63) is 144 Å². The first-order valence-electron chi connectivity index (χ1n) is 50.7. The third-order valence-electron chi connectivity index (χ3n) is 24.7. The normalized spacial score (nSPS) is 15.9. The summed E-state index contributed by atoms with van der Waals surface area (Å²) in [6, 6.07) is 9.10. The Hall–Kier alpha value is -12.8. The summed E-state index contributed by atoms with van der Waals surface area (Å²) in [5.41, 5.74) is 14.1. The minimum Gasteiger partial charge on any atom is -0.480 e. The molecule has 1 heterocycles. The molecule has 0 spiro atoms. The molecule has 828 valence electrons. The van der Waals surface area contributed by atoms with Crippen LogP contribution in [0.15, 0.2) is 121 Å². The van der Waals surface area contributed by atoms with E-state index in [0.717, 1.165) is 0 Å². The van der Waals surface area contributed by atoms with E-state index < -0.39 is 277 Å². The number of carboxylic acid groups (broad SMARTS) is 1. The van der Waals surface area contributed by atoms with Crippen molar-refractivity contribution in [2.45, 2.75) is 282 Å². The number of benzene rings is 4. The van der Waals surface area contributed by atoms with Gasteiger partial charge in [-0.2, -0.15) is 37.0 Å². The molecule has 25 N–H and O–H groups in total. The van der Waals surface area contributed by atoms with Crippen molar-refractivity contribution in [1.29, 1.82) is 0 Å². The highest BCUT2D eigenvalue weighted by atomic mass is 32.2. The van der Waals surface area contributed by atoms with Gasteiger partial charge in [-0.3, -0.25) is 95.9 Å². The lowest BCUT2D eigenvalue weighted by Crippen LogP contribution is -2.62. The number of aliphatic hydroxyl groups is 2. The van der Waals surface area contributed by atoms with Crippen LogP contribution in [0.3, 0.4) is 0 Å². The lowest BCUT2D eigenvalue weighted by molar-refractivity contribution is -0.142. The molecule has 0 unspecified atom stereocenters. The maximum absolute atomic E-state index is 15.3. The van der Waals surface area contributed by atoms with Gasteiger partial charge in [0.1, 0.15) is 109 Å². The number of hydrogen-bond acceptors (Lipinski definition) is 27. The molecule has 0 aromatic heterocycles. The van der Waals surface area contributed by atoms with Gasteiger partial charge in [-0.05, 0) is 142 Å². The van der Waals surface area contributed by atoms with Crippen LogP contribution >= 0.6 is 37.0 Å². The average molecular weight is 2150 g/mol. The number of carbonyl (C=O) groups excluding carboxylic acids is 19. The fourth-order valence-electron chi connectivity index (χ4n) is 16.1. The van der Waals surface area contributed by atoms with E-state index in [9.17, 15) is 86.9 Å². The Morgan fingerprint density at radius 2 is 0.727 bits per heavy atom. The second kappa shape index (κ2) is 66.7. The van der Waals surface area contributed by atoms with E-state index in [1.165, 1.54) is 30.5 Å². The standard InChI is InChI=1S/C103H155N21O23S3/c1-14-61(10)85(102(146)109-63(12)87(131)122-84(60(8)9)101(145)108-62(11)86(130)111-69(40-43-150-13)89(133)107-52-83(128)129)123-95(139)76(50-67-36-25-18-26-37-67)116-98(142)79(55-148)121-99(143)80(56-149)120-94(138)74(48-65-32-21-16-22-33-65)115-92(136)73(47-64-30-19-15-20-31-64)114-93(137)75(49-66-34-23-17-24-35-66)117-100(144)81-39-29-42-124(81)103(147)70(38-27-28-41-104)110-82(127)51-106-90(134)71(45-58(4)5)112-97(141)78(54-126)119-91(135)72(46-59(6)7)113-96(140)77(53-125)118-88(132)68(105)44-57(2)3/h15-26,30-37,57-63,68-81,84-85,125-126,148-149H,14,27-29,38-56,104-105H2,1-13H3,(H,106,134)(H,107,133)(H,108,145)(H,109,146)(H,110,127)(H,111,130)(H,112,141)(H,113,140)(H,114,137)(H,115,136)(H,116,142)(H,117,144)(H,118,132)(H,119,135)(H,120,138)(H,121,143)(H,122,131)(H,123,139)(H,128,129)/t61-,62-,63-,68-,69-,70-,71-,72-,73-,74-,75-,76-,77-,78-,79-,80-,81-,84-,85-/m0/s1. The van der Waals surface area contributed by atoms with Crippen LogP contribution in [-0.2, 0) is 122 Å². The molecule has 5 rings (SSSR count). The summed E-state index contributed by atoms with van der Waals surface area (Å²) in [6.45, 7) is 17.0. The highest BCUT2D eigenvalue weighted by Gasteiger charge is 2.43. The molecule has 1 aliphatic rings. The van der Waals surface area contributed by atoms with Gasteiger partial charge in [0.15, 0.2) is 0 Å². The summed E-state index contributed by atoms with van der Waals surface area (Å²) in [5.74, 6) is -19.6. The van der Waals surface area contributed by atoms with E-state index >= 15 is 19.2 Å². The number of hydrogen-bond donors (Lipinski definition) is 25. The van der Waals surface area contributed by atoms with Crippen molar-refractivity contribution in [3.8, 4) is 0 Å². The zero-order valence-corrected chi connectivity index (χ0v) is 90.1. The maximum Gasteiger partial charge on any atom is 0.322 e. The second-order valence-electron chi connectivity index (χ2n) is 38.9. The highest BCUT2D eigenvalue weighted by molar-refractivity contribution is 7.98. The molecule has 0 saturated carbocycles. The van der Waals surface area contributed by atoms with Crippen LogP contribution in [0.2, 0.25) is 0 Å². The number of unbranched alkanes of at least 4 members (excludes halogenated alkanes) is 1. The molecule has 0 bridgehead atoms. The molecule has 0 aliphatic carbocycles. The molecule has 19 atom stereocenters. The Morgan fingerprint density at radius 1 is 0.380 bits per heavy atom. The number of amides is 19. The minimum atomic E-state index is -1.69. The first kappa shape index (κ1) is 128. The van der Waals surface area contributed by atoms with Crippen LogP contribution < -0.4 is 107 Å². The number of likely N-dealkylation sites (tertiary alicyclic amines) is 1. The quantitative estimate of drug-likeness (QED) is 0.0167. The Kier molecular flexibility index (Phi) is 56.7. The SMILES string of the molecule is CC[C@H](C)[C@H](NC(=O)[C@H](Cc1ccccc1)NC(=O)[C@H](CS)NC(=O)[C@H](CS)NC(=O)[C@H](Cc1ccccc1)NC(=O)[C@H](Cc1ccccc1)NC(=O)[C@H](Cc1ccccc1)NC(=O)[C@@H]1CCCN1C(=O)[C@H](CCCCN)NC(=O)CNC(=O)[C@H](CC(C)C)NC(=O)[C@H](CO)NC(=O)[C@H](CC(C)C)NC(=O)[C@H](CO)NC(=O)[C@@H](N)CC(C)C)C(=O)N[C@@H](C)C(=O)N[C@H](C(=O)N[C@@H](C)C(=O)N[C@@H](CCSC)C(=O)NCC(=O)O)C(C)C. The van der Waals surface area contributed by atoms with Crippen molar-refractivity contribution in [2.75, 3.05) is 62.9 Å². The van der Waals surface area contributed by atoms with Gasteiger partial charge in [-0.15, -0.1) is 0 Å². The molecule has 4 aromatic rings. The zero-order chi connectivity index (χ0) is 112. The summed E-state index contributed by atoms with van der Waals surface area (Å²) >= 11 is 10.2. The van der Waals surface area contributed by atoms with Crippen LogP contribution in [0.5, 0.6) is 0 Å². The minimum absolute atomic E-state index is 0.000909. The fourth-order valence-corrected chi connectivity index (χ4v) is 17.1. The maximum atomic E-state index is 15.3.